The van der Waals surface area contributed by atoms with Crippen molar-refractivity contribution < 1.29 is 14.3 Å². The largest absolute Gasteiger partial charge is 0.496 e. The third-order valence-corrected chi connectivity index (χ3v) is 3.72. The van der Waals surface area contributed by atoms with Crippen LogP contribution in [0.1, 0.15) is 37.8 Å². The smallest absolute Gasteiger partial charge is 0.156 e. The molecule has 0 N–H and O–H groups in total. The lowest BCUT2D eigenvalue weighted by molar-refractivity contribution is -0.116. The number of hydrogen-bond donors (Lipinski definition) is 0. The molecule has 0 aromatic heterocycles. The van der Waals surface area contributed by atoms with Crippen molar-refractivity contribution >= 4 is 11.4 Å². The summed E-state index contributed by atoms with van der Waals surface area (Å²) >= 11 is 0. The minimum Gasteiger partial charge on any atom is -0.496 e. The van der Waals surface area contributed by atoms with Crippen LogP contribution in [0.5, 0.6) is 11.5 Å². The number of methoxy groups -OCH3 is 2. The van der Waals surface area contributed by atoms with E-state index in [4.69, 9.17) is 9.47 Å². The highest BCUT2D eigenvalue weighted by atomic mass is 16.5. The van der Waals surface area contributed by atoms with Gasteiger partial charge in [-0.05, 0) is 48.1 Å². The number of ether oxygens (including phenoxy) is 2. The van der Waals surface area contributed by atoms with Crippen molar-refractivity contribution in [2.45, 2.75) is 33.6 Å². The third-order valence-electron chi connectivity index (χ3n) is 3.72. The first-order valence-corrected chi connectivity index (χ1v) is 6.83. The van der Waals surface area contributed by atoms with Crippen LogP contribution in [0.3, 0.4) is 0 Å². The molecule has 20 heavy (non-hydrogen) atoms. The maximum Gasteiger partial charge on any atom is 0.156 e. The zero-order valence-corrected chi connectivity index (χ0v) is 12.9. The molecule has 0 fully saturated rings. The molecular formula is C17H22O3. The molecule has 0 amide bonds. The van der Waals surface area contributed by atoms with Gasteiger partial charge in [0.15, 0.2) is 5.78 Å². The normalized spacial score (nSPS) is 17.6. The summed E-state index contributed by atoms with van der Waals surface area (Å²) in [5, 5.41) is 0. The Hall–Kier alpha value is -1.77. The molecule has 2 rings (SSSR count). The maximum absolute atomic E-state index is 11.9. The van der Waals surface area contributed by atoms with Gasteiger partial charge in [0.1, 0.15) is 11.5 Å². The van der Waals surface area contributed by atoms with Crippen molar-refractivity contribution in [2.75, 3.05) is 14.2 Å². The van der Waals surface area contributed by atoms with Gasteiger partial charge in [-0.3, -0.25) is 4.79 Å². The van der Waals surface area contributed by atoms with Crippen LogP contribution in [0, 0.1) is 12.3 Å². The SMILES string of the molecule is COc1cc(C2=CC(=O)CC(C)(C)C2)c(OC)cc1C. The van der Waals surface area contributed by atoms with E-state index >= 15 is 0 Å². The van der Waals surface area contributed by atoms with Gasteiger partial charge in [0.25, 0.3) is 0 Å². The number of hydrogen-bond acceptors (Lipinski definition) is 3. The zero-order chi connectivity index (χ0) is 14.9. The monoisotopic (exact) mass is 274 g/mol. The second kappa shape index (κ2) is 5.31. The van der Waals surface area contributed by atoms with Gasteiger partial charge in [-0.2, -0.15) is 0 Å². The summed E-state index contributed by atoms with van der Waals surface area (Å²) in [6.45, 7) is 6.22. The molecule has 0 saturated carbocycles. The standard InChI is InChI=1S/C17H22O3/c1-11-6-16(20-5)14(8-15(11)19-4)12-7-13(18)10-17(2,3)9-12/h6-8H,9-10H2,1-5H3. The van der Waals surface area contributed by atoms with E-state index in [1.807, 2.05) is 19.1 Å². The van der Waals surface area contributed by atoms with Crippen LogP contribution in [0.15, 0.2) is 18.2 Å². The van der Waals surface area contributed by atoms with E-state index in [9.17, 15) is 4.79 Å². The summed E-state index contributed by atoms with van der Waals surface area (Å²) in [7, 11) is 3.31. The molecule has 1 aromatic carbocycles. The molecule has 3 heteroatoms. The number of ketones is 1. The van der Waals surface area contributed by atoms with Crippen LogP contribution in [0.2, 0.25) is 0 Å². The Labute approximate surface area is 120 Å². The predicted octanol–water partition coefficient (Wildman–Crippen LogP) is 3.78. The Balaban J connectivity index is 2.54. The van der Waals surface area contributed by atoms with E-state index in [1.165, 1.54) is 0 Å². The van der Waals surface area contributed by atoms with Crippen molar-refractivity contribution in [2.24, 2.45) is 5.41 Å². The molecule has 0 radical (unpaired) electrons. The molecule has 0 saturated heterocycles. The number of rotatable bonds is 3. The molecule has 108 valence electrons. The molecule has 0 bridgehead atoms. The molecule has 1 aliphatic carbocycles. The number of allylic oxidation sites excluding steroid dienone is 2. The lowest BCUT2D eigenvalue weighted by Crippen LogP contribution is -2.21. The Morgan fingerprint density at radius 2 is 1.70 bits per heavy atom. The first-order chi connectivity index (χ1) is 9.36. The highest BCUT2D eigenvalue weighted by Crippen LogP contribution is 2.42. The van der Waals surface area contributed by atoms with E-state index in [1.54, 1.807) is 20.3 Å². The number of carbonyl (C=O) groups excluding carboxylic acids is 1. The molecular weight excluding hydrogens is 252 g/mol. The molecule has 0 aliphatic heterocycles. The Bertz CT molecular complexity index is 568. The lowest BCUT2D eigenvalue weighted by atomic mass is 9.75. The summed E-state index contributed by atoms with van der Waals surface area (Å²) in [4.78, 5) is 11.9. The van der Waals surface area contributed by atoms with E-state index in [0.29, 0.717) is 6.42 Å². The average molecular weight is 274 g/mol. The fourth-order valence-electron chi connectivity index (χ4n) is 2.82. The Morgan fingerprint density at radius 1 is 1.05 bits per heavy atom. The van der Waals surface area contributed by atoms with Crippen molar-refractivity contribution in [3.8, 4) is 11.5 Å². The molecule has 0 atom stereocenters. The quantitative estimate of drug-likeness (QED) is 0.841. The van der Waals surface area contributed by atoms with Gasteiger partial charge in [-0.1, -0.05) is 13.8 Å². The van der Waals surface area contributed by atoms with Crippen molar-refractivity contribution in [3.05, 3.63) is 29.3 Å². The molecule has 1 aliphatic rings. The summed E-state index contributed by atoms with van der Waals surface area (Å²) in [5.41, 5.74) is 3.00. The van der Waals surface area contributed by atoms with Crippen LogP contribution >= 0.6 is 0 Å². The van der Waals surface area contributed by atoms with Gasteiger partial charge in [0.05, 0.1) is 14.2 Å². The van der Waals surface area contributed by atoms with Gasteiger partial charge in [0, 0.05) is 12.0 Å². The van der Waals surface area contributed by atoms with E-state index in [0.717, 1.165) is 34.6 Å². The Morgan fingerprint density at radius 3 is 2.25 bits per heavy atom. The fraction of sp³-hybridized carbons (Fsp3) is 0.471. The summed E-state index contributed by atoms with van der Waals surface area (Å²) in [6, 6.07) is 3.93. The maximum atomic E-state index is 11.9. The van der Waals surface area contributed by atoms with Crippen molar-refractivity contribution in [1.82, 2.24) is 0 Å². The van der Waals surface area contributed by atoms with Gasteiger partial charge in [-0.15, -0.1) is 0 Å². The highest BCUT2D eigenvalue weighted by Gasteiger charge is 2.29. The van der Waals surface area contributed by atoms with Gasteiger partial charge in [0.2, 0.25) is 0 Å². The van der Waals surface area contributed by atoms with Crippen LogP contribution in [0.4, 0.5) is 0 Å². The molecule has 0 heterocycles. The number of carbonyl (C=O) groups is 1. The minimum absolute atomic E-state index is 0.00962. The zero-order valence-electron chi connectivity index (χ0n) is 12.9. The van der Waals surface area contributed by atoms with Gasteiger partial charge in [-0.25, -0.2) is 0 Å². The lowest BCUT2D eigenvalue weighted by Gasteiger charge is -2.29. The summed E-state index contributed by atoms with van der Waals surface area (Å²) < 4.78 is 10.9. The first kappa shape index (κ1) is 14.6. The van der Waals surface area contributed by atoms with Crippen LogP contribution in [-0.4, -0.2) is 20.0 Å². The van der Waals surface area contributed by atoms with Crippen molar-refractivity contribution in [3.63, 3.8) is 0 Å². The summed E-state index contributed by atoms with van der Waals surface area (Å²) in [5.74, 6) is 1.79. The molecule has 1 aromatic rings. The van der Waals surface area contributed by atoms with E-state index < -0.39 is 0 Å². The Kier molecular flexibility index (Phi) is 3.89. The van der Waals surface area contributed by atoms with Gasteiger partial charge >= 0.3 is 0 Å². The average Bonchev–Trinajstić information content (AvgIpc) is 2.35. The van der Waals surface area contributed by atoms with E-state index in [2.05, 4.69) is 13.8 Å². The topological polar surface area (TPSA) is 35.5 Å². The van der Waals surface area contributed by atoms with Crippen LogP contribution < -0.4 is 9.47 Å². The molecule has 3 nitrogen and oxygen atoms in total. The predicted molar refractivity (Wildman–Crippen MR) is 80.3 cm³/mol. The first-order valence-electron chi connectivity index (χ1n) is 6.83. The van der Waals surface area contributed by atoms with Gasteiger partial charge < -0.3 is 9.47 Å². The second-order valence-corrected chi connectivity index (χ2v) is 6.18. The number of aryl methyl sites for hydroxylation is 1. The highest BCUT2D eigenvalue weighted by molar-refractivity contribution is 5.99. The van der Waals surface area contributed by atoms with E-state index in [-0.39, 0.29) is 11.2 Å². The van der Waals surface area contributed by atoms with Crippen molar-refractivity contribution in [1.29, 1.82) is 0 Å². The minimum atomic E-state index is -0.00962. The van der Waals surface area contributed by atoms with Crippen LogP contribution in [0.25, 0.3) is 5.57 Å². The summed E-state index contributed by atoms with van der Waals surface area (Å²) in [6.07, 6.45) is 3.21. The third kappa shape index (κ3) is 2.87. The fourth-order valence-corrected chi connectivity index (χ4v) is 2.82. The second-order valence-electron chi connectivity index (χ2n) is 6.18. The van der Waals surface area contributed by atoms with Crippen LogP contribution in [-0.2, 0) is 4.79 Å². The number of benzene rings is 1. The molecule has 0 spiro atoms. The molecule has 0 unspecified atom stereocenters.